The summed E-state index contributed by atoms with van der Waals surface area (Å²) in [6.45, 7) is 0.769. The molecule has 1 aromatic rings. The number of nitrogens with one attached hydrogen (secondary N) is 3. The average molecular weight is 247 g/mol. The highest BCUT2D eigenvalue weighted by molar-refractivity contribution is 6.09. The van der Waals surface area contributed by atoms with Crippen molar-refractivity contribution in [1.29, 1.82) is 0 Å². The van der Waals surface area contributed by atoms with Crippen LogP contribution in [0.4, 0.5) is 16.2 Å². The van der Waals surface area contributed by atoms with Gasteiger partial charge in [-0.1, -0.05) is 6.07 Å². The molecule has 6 heteroatoms. The summed E-state index contributed by atoms with van der Waals surface area (Å²) >= 11 is 0. The molecule has 0 spiro atoms. The summed E-state index contributed by atoms with van der Waals surface area (Å²) in [5, 5.41) is 17.2. The molecule has 0 saturated heterocycles. The number of hydrogen-bond donors (Lipinski definition) is 4. The fourth-order valence-corrected chi connectivity index (χ4v) is 2.81. The number of hydrogen-bond acceptors (Lipinski definition) is 3. The highest BCUT2D eigenvalue weighted by Gasteiger charge is 2.49. The smallest absolute Gasteiger partial charge is 0.404 e. The lowest BCUT2D eigenvalue weighted by atomic mass is 9.75. The summed E-state index contributed by atoms with van der Waals surface area (Å²) in [7, 11) is 0. The molecule has 3 rings (SSSR count). The van der Waals surface area contributed by atoms with Crippen LogP contribution < -0.4 is 16.0 Å². The molecule has 2 aliphatic heterocycles. The van der Waals surface area contributed by atoms with E-state index >= 15 is 0 Å². The Morgan fingerprint density at radius 3 is 3.00 bits per heavy atom. The molecule has 4 N–H and O–H groups in total. The van der Waals surface area contributed by atoms with Gasteiger partial charge in [-0.25, -0.2) is 4.79 Å². The van der Waals surface area contributed by atoms with Crippen LogP contribution in [-0.4, -0.2) is 30.2 Å². The zero-order valence-electron chi connectivity index (χ0n) is 9.62. The van der Waals surface area contributed by atoms with Gasteiger partial charge in [0.2, 0.25) is 5.91 Å². The average Bonchev–Trinajstić information content (AvgIpc) is 2.63. The first kappa shape index (κ1) is 10.9. The summed E-state index contributed by atoms with van der Waals surface area (Å²) in [6.07, 6.45) is -0.523. The maximum absolute atomic E-state index is 12.2. The van der Waals surface area contributed by atoms with Crippen LogP contribution in [0, 0.1) is 0 Å². The van der Waals surface area contributed by atoms with Gasteiger partial charge < -0.3 is 21.1 Å². The largest absolute Gasteiger partial charge is 0.465 e. The maximum Gasteiger partial charge on any atom is 0.404 e. The van der Waals surface area contributed by atoms with Gasteiger partial charge in [-0.15, -0.1) is 0 Å². The standard InChI is InChI=1S/C12H13N3O3/c16-10-12(6-14-11(17)18)4-5-13-7-2-1-3-8(15-10)9(7)12/h1-3,13-14H,4-6H2,(H,15,16)(H,17,18). The van der Waals surface area contributed by atoms with Crippen LogP contribution in [0.3, 0.4) is 0 Å². The minimum atomic E-state index is -1.11. The molecule has 94 valence electrons. The zero-order chi connectivity index (χ0) is 12.8. The molecule has 18 heavy (non-hydrogen) atoms. The van der Waals surface area contributed by atoms with E-state index in [-0.39, 0.29) is 12.5 Å². The quantitative estimate of drug-likeness (QED) is 0.626. The summed E-state index contributed by atoms with van der Waals surface area (Å²) in [5.41, 5.74) is 1.80. The molecule has 2 aliphatic rings. The molecule has 6 nitrogen and oxygen atoms in total. The van der Waals surface area contributed by atoms with Crippen molar-refractivity contribution in [2.75, 3.05) is 23.7 Å². The van der Waals surface area contributed by atoms with E-state index in [0.717, 1.165) is 16.9 Å². The fourth-order valence-electron chi connectivity index (χ4n) is 2.81. The van der Waals surface area contributed by atoms with Gasteiger partial charge in [-0.05, 0) is 18.6 Å². The van der Waals surface area contributed by atoms with Crippen LogP contribution in [0.15, 0.2) is 18.2 Å². The Morgan fingerprint density at radius 2 is 2.22 bits per heavy atom. The van der Waals surface area contributed by atoms with Crippen molar-refractivity contribution in [2.45, 2.75) is 11.8 Å². The van der Waals surface area contributed by atoms with E-state index in [9.17, 15) is 9.59 Å². The topological polar surface area (TPSA) is 90.5 Å². The molecule has 0 bridgehead atoms. The van der Waals surface area contributed by atoms with E-state index in [1.807, 2.05) is 18.2 Å². The number of anilines is 2. The van der Waals surface area contributed by atoms with Gasteiger partial charge in [-0.2, -0.15) is 0 Å². The van der Waals surface area contributed by atoms with E-state index in [0.29, 0.717) is 13.0 Å². The lowest BCUT2D eigenvalue weighted by Gasteiger charge is -2.33. The van der Waals surface area contributed by atoms with Crippen molar-refractivity contribution in [3.63, 3.8) is 0 Å². The van der Waals surface area contributed by atoms with Gasteiger partial charge in [0, 0.05) is 30.0 Å². The second-order valence-corrected chi connectivity index (χ2v) is 4.60. The first-order valence-corrected chi connectivity index (χ1v) is 5.79. The van der Waals surface area contributed by atoms with Gasteiger partial charge in [0.1, 0.15) is 0 Å². The molecule has 1 aromatic carbocycles. The van der Waals surface area contributed by atoms with E-state index < -0.39 is 11.5 Å². The Kier molecular flexibility index (Phi) is 2.19. The third-order valence-corrected chi connectivity index (χ3v) is 3.63. The molecule has 1 unspecified atom stereocenters. The van der Waals surface area contributed by atoms with Crippen LogP contribution in [0.1, 0.15) is 12.0 Å². The molecule has 0 saturated carbocycles. The van der Waals surface area contributed by atoms with E-state index in [1.54, 1.807) is 0 Å². The molecule has 0 aliphatic carbocycles. The van der Waals surface area contributed by atoms with Gasteiger partial charge in [0.05, 0.1) is 5.41 Å². The van der Waals surface area contributed by atoms with Crippen molar-refractivity contribution < 1.29 is 14.7 Å². The van der Waals surface area contributed by atoms with Crippen LogP contribution in [0.2, 0.25) is 0 Å². The van der Waals surface area contributed by atoms with Gasteiger partial charge in [0.25, 0.3) is 0 Å². The highest BCUT2D eigenvalue weighted by Crippen LogP contribution is 2.46. The van der Waals surface area contributed by atoms with Gasteiger partial charge >= 0.3 is 6.09 Å². The zero-order valence-corrected chi connectivity index (χ0v) is 9.62. The third-order valence-electron chi connectivity index (χ3n) is 3.63. The number of benzene rings is 1. The van der Waals surface area contributed by atoms with Crippen LogP contribution in [0.5, 0.6) is 0 Å². The van der Waals surface area contributed by atoms with E-state index in [1.165, 1.54) is 0 Å². The number of amides is 2. The molecular formula is C12H13N3O3. The van der Waals surface area contributed by atoms with Crippen LogP contribution in [-0.2, 0) is 10.2 Å². The SMILES string of the molecule is O=C(O)NCC12CCNc3cccc(c31)NC2=O. The third kappa shape index (κ3) is 1.35. The van der Waals surface area contributed by atoms with Crippen molar-refractivity contribution >= 4 is 23.4 Å². The predicted molar refractivity (Wildman–Crippen MR) is 65.9 cm³/mol. The normalized spacial score (nSPS) is 23.9. The van der Waals surface area contributed by atoms with Crippen molar-refractivity contribution in [3.8, 4) is 0 Å². The Labute approximate surface area is 103 Å². The lowest BCUT2D eigenvalue weighted by molar-refractivity contribution is -0.120. The summed E-state index contributed by atoms with van der Waals surface area (Å²) in [5.74, 6) is -0.125. The fraction of sp³-hybridized carbons (Fsp3) is 0.333. The van der Waals surface area contributed by atoms with Gasteiger partial charge in [0.15, 0.2) is 0 Å². The Hall–Kier alpha value is -2.24. The molecule has 2 amide bonds. The summed E-state index contributed by atoms with van der Waals surface area (Å²) in [6, 6.07) is 5.62. The first-order chi connectivity index (χ1) is 8.63. The molecule has 2 heterocycles. The van der Waals surface area contributed by atoms with Crippen LogP contribution in [0.25, 0.3) is 0 Å². The Morgan fingerprint density at radius 1 is 1.44 bits per heavy atom. The summed E-state index contributed by atoms with van der Waals surface area (Å²) < 4.78 is 0. The van der Waals surface area contributed by atoms with E-state index in [2.05, 4.69) is 16.0 Å². The number of carbonyl (C=O) groups is 2. The van der Waals surface area contributed by atoms with Crippen LogP contribution >= 0.6 is 0 Å². The predicted octanol–water partition coefficient (Wildman–Crippen LogP) is 0.960. The molecule has 1 atom stereocenters. The molecular weight excluding hydrogens is 234 g/mol. The maximum atomic E-state index is 12.2. The van der Waals surface area contributed by atoms with Crippen molar-refractivity contribution in [1.82, 2.24) is 5.32 Å². The monoisotopic (exact) mass is 247 g/mol. The second kappa shape index (κ2) is 3.63. The summed E-state index contributed by atoms with van der Waals surface area (Å²) in [4.78, 5) is 22.9. The minimum Gasteiger partial charge on any atom is -0.465 e. The Bertz CT molecular complexity index is 543. The molecule has 0 radical (unpaired) electrons. The van der Waals surface area contributed by atoms with Gasteiger partial charge in [-0.3, -0.25) is 4.79 Å². The number of carbonyl (C=O) groups excluding carboxylic acids is 1. The second-order valence-electron chi connectivity index (χ2n) is 4.60. The van der Waals surface area contributed by atoms with Crippen molar-refractivity contribution in [2.24, 2.45) is 0 Å². The Balaban J connectivity index is 2.08. The first-order valence-electron chi connectivity index (χ1n) is 5.79. The van der Waals surface area contributed by atoms with Crippen molar-refractivity contribution in [3.05, 3.63) is 23.8 Å². The van der Waals surface area contributed by atoms with E-state index in [4.69, 9.17) is 5.11 Å². The lowest BCUT2D eigenvalue weighted by Crippen LogP contribution is -2.48. The minimum absolute atomic E-state index is 0.111. The number of carboxylic acid groups (broad SMARTS) is 1. The molecule has 0 fully saturated rings. The highest BCUT2D eigenvalue weighted by atomic mass is 16.4. The molecule has 0 aromatic heterocycles. The number of rotatable bonds is 2.